The molecule has 0 radical (unpaired) electrons. The number of rotatable bonds is 7. The SMILES string of the molecule is CCC(NC(C)CCN(C)C)c1ccccc1O. The van der Waals surface area contributed by atoms with Gasteiger partial charge in [0.15, 0.2) is 0 Å². The van der Waals surface area contributed by atoms with Gasteiger partial charge in [-0.15, -0.1) is 0 Å². The summed E-state index contributed by atoms with van der Waals surface area (Å²) in [6.45, 7) is 5.42. The molecule has 1 aromatic rings. The van der Waals surface area contributed by atoms with E-state index in [9.17, 15) is 5.11 Å². The average molecular weight is 250 g/mol. The first kappa shape index (κ1) is 15.0. The highest BCUT2D eigenvalue weighted by molar-refractivity contribution is 5.34. The number of hydrogen-bond donors (Lipinski definition) is 2. The van der Waals surface area contributed by atoms with Gasteiger partial charge in [-0.25, -0.2) is 0 Å². The van der Waals surface area contributed by atoms with Gasteiger partial charge in [0.05, 0.1) is 0 Å². The molecule has 0 bridgehead atoms. The van der Waals surface area contributed by atoms with Crippen LogP contribution in [0.3, 0.4) is 0 Å². The topological polar surface area (TPSA) is 35.5 Å². The highest BCUT2D eigenvalue weighted by atomic mass is 16.3. The Balaban J connectivity index is 2.59. The lowest BCUT2D eigenvalue weighted by atomic mass is 10.0. The fraction of sp³-hybridized carbons (Fsp3) is 0.600. The molecule has 0 aliphatic heterocycles. The van der Waals surface area contributed by atoms with E-state index in [0.29, 0.717) is 11.8 Å². The molecule has 0 aliphatic rings. The van der Waals surface area contributed by atoms with E-state index in [-0.39, 0.29) is 6.04 Å². The molecule has 2 N–H and O–H groups in total. The van der Waals surface area contributed by atoms with Crippen LogP contribution in [0.15, 0.2) is 24.3 Å². The van der Waals surface area contributed by atoms with Gasteiger partial charge in [-0.1, -0.05) is 25.1 Å². The minimum Gasteiger partial charge on any atom is -0.508 e. The van der Waals surface area contributed by atoms with Gasteiger partial charge in [-0.3, -0.25) is 0 Å². The molecule has 3 nitrogen and oxygen atoms in total. The molecule has 0 aliphatic carbocycles. The maximum Gasteiger partial charge on any atom is 0.120 e. The Labute approximate surface area is 111 Å². The molecule has 0 amide bonds. The summed E-state index contributed by atoms with van der Waals surface area (Å²) in [6.07, 6.45) is 2.08. The summed E-state index contributed by atoms with van der Waals surface area (Å²) in [7, 11) is 4.18. The second kappa shape index (κ2) is 7.39. The Bertz CT molecular complexity index is 352. The van der Waals surface area contributed by atoms with Gasteiger partial charge in [0, 0.05) is 17.6 Å². The Hall–Kier alpha value is -1.06. The number of aromatic hydroxyl groups is 1. The Kier molecular flexibility index (Phi) is 6.16. The fourth-order valence-electron chi connectivity index (χ4n) is 2.09. The van der Waals surface area contributed by atoms with E-state index in [1.165, 1.54) is 0 Å². The number of phenolic OH excluding ortho intramolecular Hbond substituents is 1. The van der Waals surface area contributed by atoms with Gasteiger partial charge in [-0.05, 0) is 46.5 Å². The first-order valence-corrected chi connectivity index (χ1v) is 6.73. The van der Waals surface area contributed by atoms with Gasteiger partial charge in [0.1, 0.15) is 5.75 Å². The minimum absolute atomic E-state index is 0.225. The van der Waals surface area contributed by atoms with Crippen LogP contribution in [-0.4, -0.2) is 36.7 Å². The highest BCUT2D eigenvalue weighted by Gasteiger charge is 2.15. The lowest BCUT2D eigenvalue weighted by molar-refractivity contribution is 0.343. The predicted octanol–water partition coefficient (Wildman–Crippen LogP) is 2.77. The van der Waals surface area contributed by atoms with Crippen molar-refractivity contribution in [2.75, 3.05) is 20.6 Å². The molecule has 0 heterocycles. The summed E-state index contributed by atoms with van der Waals surface area (Å²) >= 11 is 0. The molecule has 1 aromatic carbocycles. The summed E-state index contributed by atoms with van der Waals surface area (Å²) < 4.78 is 0. The van der Waals surface area contributed by atoms with Crippen LogP contribution in [0.4, 0.5) is 0 Å². The monoisotopic (exact) mass is 250 g/mol. The molecule has 0 saturated carbocycles. The van der Waals surface area contributed by atoms with Crippen molar-refractivity contribution in [1.82, 2.24) is 10.2 Å². The lowest BCUT2D eigenvalue weighted by Crippen LogP contribution is -2.32. The molecule has 0 saturated heterocycles. The third-order valence-corrected chi connectivity index (χ3v) is 3.22. The van der Waals surface area contributed by atoms with Gasteiger partial charge in [-0.2, -0.15) is 0 Å². The number of para-hydroxylation sites is 1. The van der Waals surface area contributed by atoms with E-state index in [0.717, 1.165) is 24.9 Å². The van der Waals surface area contributed by atoms with Crippen LogP contribution < -0.4 is 5.32 Å². The lowest BCUT2D eigenvalue weighted by Gasteiger charge is -2.24. The molecular weight excluding hydrogens is 224 g/mol. The summed E-state index contributed by atoms with van der Waals surface area (Å²) in [5.41, 5.74) is 0.997. The standard InChI is InChI=1S/C15H26N2O/c1-5-14(13-8-6-7-9-15(13)18)16-12(2)10-11-17(3)4/h6-9,12,14,16,18H,5,10-11H2,1-4H3. The van der Waals surface area contributed by atoms with Gasteiger partial charge >= 0.3 is 0 Å². The molecule has 0 spiro atoms. The molecule has 2 atom stereocenters. The number of phenols is 1. The van der Waals surface area contributed by atoms with Crippen molar-refractivity contribution >= 4 is 0 Å². The summed E-state index contributed by atoms with van der Waals surface area (Å²) in [6, 6.07) is 8.25. The van der Waals surface area contributed by atoms with Crippen molar-refractivity contribution in [3.05, 3.63) is 29.8 Å². The van der Waals surface area contributed by atoms with Gasteiger partial charge < -0.3 is 15.3 Å². The van der Waals surface area contributed by atoms with Crippen molar-refractivity contribution in [3.63, 3.8) is 0 Å². The largest absolute Gasteiger partial charge is 0.508 e. The summed E-state index contributed by atoms with van der Waals surface area (Å²) in [5, 5.41) is 13.5. The maximum atomic E-state index is 9.89. The quantitative estimate of drug-likeness (QED) is 0.781. The van der Waals surface area contributed by atoms with Crippen molar-refractivity contribution in [2.45, 2.75) is 38.8 Å². The van der Waals surface area contributed by atoms with Crippen LogP contribution in [0.5, 0.6) is 5.75 Å². The second-order valence-electron chi connectivity index (χ2n) is 5.18. The molecule has 18 heavy (non-hydrogen) atoms. The first-order chi connectivity index (χ1) is 8.54. The Morgan fingerprint density at radius 3 is 2.50 bits per heavy atom. The predicted molar refractivity (Wildman–Crippen MR) is 76.9 cm³/mol. The van der Waals surface area contributed by atoms with Gasteiger partial charge in [0.25, 0.3) is 0 Å². The van der Waals surface area contributed by atoms with E-state index in [2.05, 4.69) is 38.2 Å². The maximum absolute atomic E-state index is 9.89. The normalized spacial score (nSPS) is 14.7. The summed E-state index contributed by atoms with van der Waals surface area (Å²) in [4.78, 5) is 2.19. The van der Waals surface area contributed by atoms with E-state index in [1.54, 1.807) is 6.07 Å². The highest BCUT2D eigenvalue weighted by Crippen LogP contribution is 2.26. The number of nitrogens with zero attached hydrogens (tertiary/aromatic N) is 1. The van der Waals surface area contributed by atoms with E-state index in [4.69, 9.17) is 0 Å². The average Bonchev–Trinajstić information content (AvgIpc) is 2.34. The molecule has 0 fully saturated rings. The van der Waals surface area contributed by atoms with Crippen LogP contribution in [0.2, 0.25) is 0 Å². The zero-order valence-electron chi connectivity index (χ0n) is 12.0. The molecule has 3 heteroatoms. The van der Waals surface area contributed by atoms with Crippen LogP contribution in [0.1, 0.15) is 38.3 Å². The zero-order valence-corrected chi connectivity index (χ0v) is 12.0. The number of hydrogen-bond acceptors (Lipinski definition) is 3. The van der Waals surface area contributed by atoms with Crippen molar-refractivity contribution < 1.29 is 5.11 Å². The third-order valence-electron chi connectivity index (χ3n) is 3.22. The van der Waals surface area contributed by atoms with Crippen molar-refractivity contribution in [3.8, 4) is 5.75 Å². The van der Waals surface area contributed by atoms with Crippen LogP contribution in [0, 0.1) is 0 Å². The third kappa shape index (κ3) is 4.67. The Morgan fingerprint density at radius 2 is 1.94 bits per heavy atom. The van der Waals surface area contributed by atoms with Crippen LogP contribution in [-0.2, 0) is 0 Å². The van der Waals surface area contributed by atoms with Gasteiger partial charge in [0.2, 0.25) is 0 Å². The number of benzene rings is 1. The minimum atomic E-state index is 0.225. The van der Waals surface area contributed by atoms with E-state index in [1.807, 2.05) is 18.2 Å². The molecular formula is C15H26N2O. The molecule has 2 unspecified atom stereocenters. The van der Waals surface area contributed by atoms with E-state index < -0.39 is 0 Å². The zero-order chi connectivity index (χ0) is 13.5. The Morgan fingerprint density at radius 1 is 1.28 bits per heavy atom. The summed E-state index contributed by atoms with van der Waals surface area (Å²) in [5.74, 6) is 0.386. The second-order valence-corrected chi connectivity index (χ2v) is 5.18. The van der Waals surface area contributed by atoms with Crippen molar-refractivity contribution in [1.29, 1.82) is 0 Å². The molecule has 0 aromatic heterocycles. The smallest absolute Gasteiger partial charge is 0.120 e. The first-order valence-electron chi connectivity index (χ1n) is 6.73. The van der Waals surface area contributed by atoms with E-state index >= 15 is 0 Å². The number of nitrogens with one attached hydrogen (secondary N) is 1. The van der Waals surface area contributed by atoms with Crippen LogP contribution in [0.25, 0.3) is 0 Å². The molecule has 102 valence electrons. The fourth-order valence-corrected chi connectivity index (χ4v) is 2.09. The molecule has 1 rings (SSSR count). The van der Waals surface area contributed by atoms with Crippen molar-refractivity contribution in [2.24, 2.45) is 0 Å². The van der Waals surface area contributed by atoms with Crippen LogP contribution >= 0.6 is 0 Å².